The van der Waals surface area contributed by atoms with Crippen LogP contribution in [-0.2, 0) is 20.7 Å². The van der Waals surface area contributed by atoms with Gasteiger partial charge in [0.25, 0.3) is 5.91 Å². The Hall–Kier alpha value is -3.89. The fourth-order valence-electron chi connectivity index (χ4n) is 3.30. The number of ether oxygens (including phenoxy) is 3. The lowest BCUT2D eigenvalue weighted by Gasteiger charge is -2.22. The summed E-state index contributed by atoms with van der Waals surface area (Å²) in [5, 5.41) is 14.5. The Bertz CT molecular complexity index is 1060. The molecule has 1 aromatic heterocycles. The molecular formula is C25H34N4O7. The molecule has 196 valence electrons. The number of hydrogen-bond donors (Lipinski definition) is 3. The number of esters is 1. The monoisotopic (exact) mass is 502 g/mol. The molecule has 0 spiro atoms. The molecule has 0 saturated heterocycles. The topological polar surface area (TPSA) is 149 Å². The van der Waals surface area contributed by atoms with Crippen LogP contribution in [0.25, 0.3) is 0 Å². The van der Waals surface area contributed by atoms with Gasteiger partial charge >= 0.3 is 18.1 Å². The number of amides is 2. The standard InChI is InChI=1S/C25H34N4O7/c1-15-20(21(31)29-19(22(32)34-6)14-26-24(33)36-25(3,4)5)16(2)28-23(27-15)35-12-8-10-17-9-7-11-18(30)13-17/h7,9,11,13,19,30H,8,10,12,14H2,1-6H3,(H,26,33)(H,29,31)/t19-/m0/s1. The highest BCUT2D eigenvalue weighted by molar-refractivity contribution is 5.98. The maximum Gasteiger partial charge on any atom is 0.407 e. The summed E-state index contributed by atoms with van der Waals surface area (Å²) in [4.78, 5) is 45.6. The van der Waals surface area contributed by atoms with E-state index in [1.165, 1.54) is 7.11 Å². The predicted molar refractivity (Wildman–Crippen MR) is 131 cm³/mol. The second kappa shape index (κ2) is 12.7. The number of hydrogen-bond acceptors (Lipinski definition) is 9. The average molecular weight is 503 g/mol. The average Bonchev–Trinajstić information content (AvgIpc) is 2.77. The van der Waals surface area contributed by atoms with Crippen LogP contribution in [0.5, 0.6) is 11.8 Å². The van der Waals surface area contributed by atoms with Crippen LogP contribution >= 0.6 is 0 Å². The molecule has 1 atom stereocenters. The van der Waals surface area contributed by atoms with Crippen molar-refractivity contribution in [1.82, 2.24) is 20.6 Å². The number of alkyl carbamates (subject to hydrolysis) is 1. The van der Waals surface area contributed by atoms with E-state index in [1.807, 2.05) is 6.07 Å². The summed E-state index contributed by atoms with van der Waals surface area (Å²) < 4.78 is 15.5. The smallest absolute Gasteiger partial charge is 0.407 e. The zero-order valence-corrected chi connectivity index (χ0v) is 21.5. The Morgan fingerprint density at radius 1 is 1.11 bits per heavy atom. The van der Waals surface area contributed by atoms with Crippen molar-refractivity contribution in [2.24, 2.45) is 0 Å². The molecule has 0 aliphatic heterocycles. The maximum atomic E-state index is 12.9. The number of phenols is 1. The molecule has 1 heterocycles. The van der Waals surface area contributed by atoms with Crippen LogP contribution in [0.1, 0.15) is 54.5 Å². The highest BCUT2D eigenvalue weighted by Crippen LogP contribution is 2.16. The number of nitrogens with zero attached hydrogens (tertiary/aromatic N) is 2. The van der Waals surface area contributed by atoms with Crippen LogP contribution in [-0.4, -0.2) is 64.9 Å². The van der Waals surface area contributed by atoms with Crippen LogP contribution in [0, 0.1) is 13.8 Å². The first kappa shape index (κ1) is 28.3. The van der Waals surface area contributed by atoms with Crippen LogP contribution in [0.4, 0.5) is 4.79 Å². The number of carbonyl (C=O) groups is 3. The number of aromatic nitrogens is 2. The minimum absolute atomic E-state index is 0.133. The highest BCUT2D eigenvalue weighted by Gasteiger charge is 2.26. The molecule has 36 heavy (non-hydrogen) atoms. The van der Waals surface area contributed by atoms with Gasteiger partial charge in [-0.25, -0.2) is 9.59 Å². The maximum absolute atomic E-state index is 12.9. The van der Waals surface area contributed by atoms with Crippen LogP contribution in [0.15, 0.2) is 24.3 Å². The van der Waals surface area contributed by atoms with E-state index in [4.69, 9.17) is 14.2 Å². The summed E-state index contributed by atoms with van der Waals surface area (Å²) in [6.45, 7) is 8.51. The summed E-state index contributed by atoms with van der Waals surface area (Å²) in [6.07, 6.45) is 0.657. The fraction of sp³-hybridized carbons (Fsp3) is 0.480. The Morgan fingerprint density at radius 2 is 1.78 bits per heavy atom. The van der Waals surface area contributed by atoms with Crippen molar-refractivity contribution in [3.63, 3.8) is 0 Å². The summed E-state index contributed by atoms with van der Waals surface area (Å²) in [6, 6.07) is 5.99. The zero-order chi connectivity index (χ0) is 26.9. The lowest BCUT2D eigenvalue weighted by Crippen LogP contribution is -2.49. The van der Waals surface area contributed by atoms with Gasteiger partial charge in [0.05, 0.1) is 37.2 Å². The van der Waals surface area contributed by atoms with Gasteiger partial charge in [0.1, 0.15) is 17.4 Å². The van der Waals surface area contributed by atoms with E-state index in [2.05, 4.69) is 20.6 Å². The third kappa shape index (κ3) is 9.05. The van der Waals surface area contributed by atoms with Gasteiger partial charge in [0.2, 0.25) is 0 Å². The van der Waals surface area contributed by atoms with Crippen molar-refractivity contribution >= 4 is 18.0 Å². The van der Waals surface area contributed by atoms with Crippen molar-refractivity contribution in [3.05, 3.63) is 46.8 Å². The van der Waals surface area contributed by atoms with E-state index >= 15 is 0 Å². The van der Waals surface area contributed by atoms with Gasteiger partial charge in [-0.3, -0.25) is 4.79 Å². The molecule has 11 heteroatoms. The molecule has 3 N–H and O–H groups in total. The normalized spacial score (nSPS) is 11.8. The highest BCUT2D eigenvalue weighted by atomic mass is 16.6. The van der Waals surface area contributed by atoms with E-state index in [9.17, 15) is 19.5 Å². The number of rotatable bonds is 10. The van der Waals surface area contributed by atoms with E-state index < -0.39 is 29.6 Å². The molecule has 0 aliphatic rings. The number of nitrogens with one attached hydrogen (secondary N) is 2. The number of benzene rings is 1. The van der Waals surface area contributed by atoms with Gasteiger partial charge in [0.15, 0.2) is 0 Å². The fourth-order valence-corrected chi connectivity index (χ4v) is 3.30. The number of carbonyl (C=O) groups excluding carboxylic acids is 3. The Morgan fingerprint density at radius 3 is 2.36 bits per heavy atom. The third-order valence-electron chi connectivity index (χ3n) is 4.87. The predicted octanol–water partition coefficient (Wildman–Crippen LogP) is 2.61. The second-order valence-corrected chi connectivity index (χ2v) is 9.11. The minimum atomic E-state index is -1.15. The zero-order valence-electron chi connectivity index (χ0n) is 21.5. The first-order valence-corrected chi connectivity index (χ1v) is 11.5. The molecule has 2 amide bonds. The quantitative estimate of drug-likeness (QED) is 0.329. The van der Waals surface area contributed by atoms with Crippen molar-refractivity contribution < 1.29 is 33.7 Å². The molecule has 0 unspecified atom stereocenters. The van der Waals surface area contributed by atoms with Crippen molar-refractivity contribution in [2.75, 3.05) is 20.3 Å². The third-order valence-corrected chi connectivity index (χ3v) is 4.87. The van der Waals surface area contributed by atoms with Gasteiger partial charge in [-0.15, -0.1) is 0 Å². The second-order valence-electron chi connectivity index (χ2n) is 9.11. The first-order chi connectivity index (χ1) is 16.9. The molecule has 2 rings (SSSR count). The van der Waals surface area contributed by atoms with Crippen LogP contribution < -0.4 is 15.4 Å². The van der Waals surface area contributed by atoms with Crippen molar-refractivity contribution in [2.45, 2.75) is 59.1 Å². The number of aromatic hydroxyl groups is 1. The van der Waals surface area contributed by atoms with Gasteiger partial charge in [-0.1, -0.05) is 12.1 Å². The van der Waals surface area contributed by atoms with Gasteiger partial charge < -0.3 is 30.0 Å². The molecule has 0 aliphatic carbocycles. The van der Waals surface area contributed by atoms with E-state index in [-0.39, 0.29) is 23.9 Å². The lowest BCUT2D eigenvalue weighted by molar-refractivity contribution is -0.142. The van der Waals surface area contributed by atoms with Crippen molar-refractivity contribution in [1.29, 1.82) is 0 Å². The van der Waals surface area contributed by atoms with Gasteiger partial charge in [-0.05, 0) is 65.2 Å². The van der Waals surface area contributed by atoms with Gasteiger partial charge in [0, 0.05) is 0 Å². The van der Waals surface area contributed by atoms with Crippen LogP contribution in [0.2, 0.25) is 0 Å². The molecule has 0 radical (unpaired) electrons. The summed E-state index contributed by atoms with van der Waals surface area (Å²) in [5.41, 5.74) is 1.19. The number of aryl methyl sites for hydroxylation is 3. The molecule has 1 aromatic carbocycles. The Balaban J connectivity index is 1.99. The number of phenolic OH excluding ortho intramolecular Hbond substituents is 1. The molecule has 11 nitrogen and oxygen atoms in total. The summed E-state index contributed by atoms with van der Waals surface area (Å²) in [7, 11) is 1.18. The SMILES string of the molecule is COC(=O)[C@H](CNC(=O)OC(C)(C)C)NC(=O)c1c(C)nc(OCCCc2cccc(O)c2)nc1C. The minimum Gasteiger partial charge on any atom is -0.508 e. The molecular weight excluding hydrogens is 468 g/mol. The molecule has 0 bridgehead atoms. The lowest BCUT2D eigenvalue weighted by atomic mass is 10.1. The van der Waals surface area contributed by atoms with E-state index in [0.29, 0.717) is 30.8 Å². The van der Waals surface area contributed by atoms with Crippen LogP contribution in [0.3, 0.4) is 0 Å². The molecule has 2 aromatic rings. The summed E-state index contributed by atoms with van der Waals surface area (Å²) in [5.74, 6) is -1.11. The van der Waals surface area contributed by atoms with Gasteiger partial charge in [-0.2, -0.15) is 9.97 Å². The number of methoxy groups -OCH3 is 1. The first-order valence-electron chi connectivity index (χ1n) is 11.5. The van der Waals surface area contributed by atoms with E-state index in [1.54, 1.807) is 52.8 Å². The summed E-state index contributed by atoms with van der Waals surface area (Å²) >= 11 is 0. The van der Waals surface area contributed by atoms with Crippen molar-refractivity contribution in [3.8, 4) is 11.8 Å². The van der Waals surface area contributed by atoms with E-state index in [0.717, 1.165) is 5.56 Å². The Labute approximate surface area is 210 Å². The molecule has 0 fully saturated rings. The largest absolute Gasteiger partial charge is 0.508 e. The molecule has 0 saturated carbocycles. The Kier molecular flexibility index (Phi) is 10.0.